The zero-order chi connectivity index (χ0) is 14.9. The first-order valence-corrected chi connectivity index (χ1v) is 8.21. The van der Waals surface area contributed by atoms with Crippen LogP contribution in [0, 0.1) is 0 Å². The first kappa shape index (κ1) is 13.9. The molecule has 21 heavy (non-hydrogen) atoms. The van der Waals surface area contributed by atoms with Crippen molar-refractivity contribution in [3.8, 4) is 11.4 Å². The second-order valence-corrected chi connectivity index (χ2v) is 6.48. The third-order valence-electron chi connectivity index (χ3n) is 3.55. The van der Waals surface area contributed by atoms with E-state index in [1.54, 1.807) is 6.07 Å². The molecule has 1 aromatic heterocycles. The molecule has 0 radical (unpaired) electrons. The summed E-state index contributed by atoms with van der Waals surface area (Å²) in [6.45, 7) is 0. The van der Waals surface area contributed by atoms with E-state index in [1.165, 1.54) is 6.07 Å². The number of nitrogens with two attached hydrogens (primary N) is 1. The summed E-state index contributed by atoms with van der Waals surface area (Å²) in [6, 6.07) is 5.04. The van der Waals surface area contributed by atoms with Crippen LogP contribution in [-0.4, -0.2) is 29.0 Å². The van der Waals surface area contributed by atoms with Crippen LogP contribution in [0.2, 0.25) is 0 Å². The fraction of sp³-hybridized carbons (Fsp3) is 0.308. The minimum absolute atomic E-state index is 0.0324. The Labute approximate surface area is 122 Å². The van der Waals surface area contributed by atoms with Crippen molar-refractivity contribution >= 4 is 15.6 Å². The Morgan fingerprint density at radius 2 is 2.10 bits per heavy atom. The number of nitrogens with zero attached hydrogens (tertiary/aromatic N) is 3. The third kappa shape index (κ3) is 2.72. The lowest BCUT2D eigenvalue weighted by atomic mass is 9.90. The van der Waals surface area contributed by atoms with Crippen molar-refractivity contribution < 1.29 is 8.42 Å². The zero-order valence-electron chi connectivity index (χ0n) is 11.3. The van der Waals surface area contributed by atoms with Gasteiger partial charge in [-0.3, -0.25) is 0 Å². The lowest BCUT2D eigenvalue weighted by Gasteiger charge is -2.17. The van der Waals surface area contributed by atoms with Gasteiger partial charge in [0, 0.05) is 5.56 Å². The molecule has 0 aliphatic heterocycles. The monoisotopic (exact) mass is 305 g/mol. The fourth-order valence-electron chi connectivity index (χ4n) is 2.63. The Morgan fingerprint density at radius 3 is 2.71 bits per heavy atom. The molecule has 3 rings (SSSR count). The predicted octanol–water partition coefficient (Wildman–Crippen LogP) is 1.47. The molecule has 2 aromatic rings. The molecule has 1 aliphatic rings. The van der Waals surface area contributed by atoms with E-state index in [1.807, 2.05) is 6.07 Å². The number of allylic oxidation sites excluding steroid dienone is 2. The molecular formula is C13H15N5O2S. The van der Waals surface area contributed by atoms with Gasteiger partial charge in [0.05, 0.1) is 4.90 Å². The normalized spacial score (nSPS) is 15.8. The Balaban J connectivity index is 2.28. The van der Waals surface area contributed by atoms with E-state index in [-0.39, 0.29) is 4.90 Å². The van der Waals surface area contributed by atoms with Gasteiger partial charge in [-0.15, -0.1) is 5.10 Å². The van der Waals surface area contributed by atoms with Crippen LogP contribution in [0.3, 0.4) is 0 Å². The van der Waals surface area contributed by atoms with E-state index in [0.717, 1.165) is 36.8 Å². The summed E-state index contributed by atoms with van der Waals surface area (Å²) in [6.07, 6.45) is 6.27. The van der Waals surface area contributed by atoms with Crippen LogP contribution in [0.4, 0.5) is 0 Å². The lowest BCUT2D eigenvalue weighted by Crippen LogP contribution is -2.14. The number of aromatic amines is 1. The summed E-state index contributed by atoms with van der Waals surface area (Å²) in [4.78, 5) is 0.0324. The standard InChI is InChI=1S/C13H15N5O2S/c14-21(19,20)11-8-4-7-10(9-5-2-1-3-6-9)12(11)13-15-17-18-16-13/h4-5,7-8H,1-3,6H2,(H2,14,19,20)(H,15,16,17,18). The Hall–Kier alpha value is -2.06. The number of hydrogen-bond acceptors (Lipinski definition) is 5. The van der Waals surface area contributed by atoms with Gasteiger partial charge in [-0.25, -0.2) is 18.7 Å². The number of rotatable bonds is 3. The Bertz CT molecular complexity index is 781. The van der Waals surface area contributed by atoms with Gasteiger partial charge in [-0.05, 0) is 53.3 Å². The van der Waals surface area contributed by atoms with Gasteiger partial charge < -0.3 is 0 Å². The van der Waals surface area contributed by atoms with E-state index >= 15 is 0 Å². The van der Waals surface area contributed by atoms with Crippen molar-refractivity contribution in [2.45, 2.75) is 30.6 Å². The van der Waals surface area contributed by atoms with Gasteiger partial charge in [-0.2, -0.15) is 0 Å². The number of primary sulfonamides is 1. The summed E-state index contributed by atoms with van der Waals surface area (Å²) >= 11 is 0. The smallest absolute Gasteiger partial charge is 0.238 e. The molecule has 7 nitrogen and oxygen atoms in total. The van der Waals surface area contributed by atoms with Crippen molar-refractivity contribution in [1.82, 2.24) is 20.6 Å². The van der Waals surface area contributed by atoms with E-state index in [2.05, 4.69) is 26.7 Å². The maximum atomic E-state index is 11.9. The van der Waals surface area contributed by atoms with Crippen LogP contribution in [-0.2, 0) is 10.0 Å². The van der Waals surface area contributed by atoms with Crippen LogP contribution < -0.4 is 5.14 Å². The molecule has 0 bridgehead atoms. The molecular weight excluding hydrogens is 290 g/mol. The molecule has 1 aliphatic carbocycles. The molecule has 0 unspecified atom stereocenters. The second kappa shape index (κ2) is 5.38. The van der Waals surface area contributed by atoms with Gasteiger partial charge in [-0.1, -0.05) is 18.2 Å². The predicted molar refractivity (Wildman–Crippen MR) is 77.4 cm³/mol. The number of hydrogen-bond donors (Lipinski definition) is 2. The largest absolute Gasteiger partial charge is 0.239 e. The Morgan fingerprint density at radius 1 is 1.24 bits per heavy atom. The quantitative estimate of drug-likeness (QED) is 0.891. The SMILES string of the molecule is NS(=O)(=O)c1cccc(C2=CCCCC2)c1-c1nnn[nH]1. The molecule has 0 amide bonds. The number of aromatic nitrogens is 4. The van der Waals surface area contributed by atoms with Crippen LogP contribution in [0.15, 0.2) is 29.2 Å². The number of H-pyrrole nitrogens is 1. The van der Waals surface area contributed by atoms with Crippen molar-refractivity contribution in [2.24, 2.45) is 5.14 Å². The average molecular weight is 305 g/mol. The van der Waals surface area contributed by atoms with E-state index < -0.39 is 10.0 Å². The van der Waals surface area contributed by atoms with E-state index in [0.29, 0.717) is 11.4 Å². The number of tetrazole rings is 1. The Kier molecular flexibility index (Phi) is 3.56. The molecule has 0 saturated carbocycles. The summed E-state index contributed by atoms with van der Waals surface area (Å²) < 4.78 is 23.7. The van der Waals surface area contributed by atoms with E-state index in [9.17, 15) is 8.42 Å². The minimum atomic E-state index is -3.86. The lowest BCUT2D eigenvalue weighted by molar-refractivity contribution is 0.598. The van der Waals surface area contributed by atoms with Crippen LogP contribution >= 0.6 is 0 Å². The molecule has 110 valence electrons. The van der Waals surface area contributed by atoms with Gasteiger partial charge in [0.15, 0.2) is 5.82 Å². The van der Waals surface area contributed by atoms with Crippen LogP contribution in [0.25, 0.3) is 17.0 Å². The van der Waals surface area contributed by atoms with Gasteiger partial charge in [0.2, 0.25) is 10.0 Å². The van der Waals surface area contributed by atoms with Crippen molar-refractivity contribution in [3.63, 3.8) is 0 Å². The highest BCUT2D eigenvalue weighted by Gasteiger charge is 2.23. The molecule has 3 N–H and O–H groups in total. The number of nitrogens with one attached hydrogen (secondary N) is 1. The summed E-state index contributed by atoms with van der Waals surface area (Å²) in [5, 5.41) is 18.9. The maximum Gasteiger partial charge on any atom is 0.238 e. The zero-order valence-corrected chi connectivity index (χ0v) is 12.1. The van der Waals surface area contributed by atoms with Gasteiger partial charge in [0.1, 0.15) is 0 Å². The summed E-state index contributed by atoms with van der Waals surface area (Å²) in [5.74, 6) is 0.307. The molecule has 0 atom stereocenters. The van der Waals surface area contributed by atoms with Crippen LogP contribution in [0.5, 0.6) is 0 Å². The summed E-state index contributed by atoms with van der Waals surface area (Å²) in [7, 11) is -3.86. The highest BCUT2D eigenvalue weighted by molar-refractivity contribution is 7.89. The average Bonchev–Trinajstić information content (AvgIpc) is 3.00. The third-order valence-corrected chi connectivity index (χ3v) is 4.51. The number of sulfonamides is 1. The molecule has 1 aromatic carbocycles. The first-order chi connectivity index (χ1) is 10.1. The highest BCUT2D eigenvalue weighted by atomic mass is 32.2. The van der Waals surface area contributed by atoms with E-state index in [4.69, 9.17) is 5.14 Å². The van der Waals surface area contributed by atoms with Crippen LogP contribution in [0.1, 0.15) is 31.2 Å². The topological polar surface area (TPSA) is 115 Å². The van der Waals surface area contributed by atoms with Gasteiger partial charge in [0.25, 0.3) is 0 Å². The van der Waals surface area contributed by atoms with Crippen molar-refractivity contribution in [2.75, 3.05) is 0 Å². The molecule has 0 fully saturated rings. The summed E-state index contributed by atoms with van der Waals surface area (Å²) in [5.41, 5.74) is 2.37. The number of benzene rings is 1. The molecule has 0 saturated heterocycles. The van der Waals surface area contributed by atoms with Gasteiger partial charge >= 0.3 is 0 Å². The van der Waals surface area contributed by atoms with Crippen molar-refractivity contribution in [3.05, 3.63) is 29.8 Å². The molecule has 8 heteroatoms. The second-order valence-electron chi connectivity index (χ2n) is 4.95. The van der Waals surface area contributed by atoms with Crippen molar-refractivity contribution in [1.29, 1.82) is 0 Å². The molecule has 1 heterocycles. The molecule has 0 spiro atoms. The first-order valence-electron chi connectivity index (χ1n) is 6.66. The minimum Gasteiger partial charge on any atom is -0.239 e. The fourth-order valence-corrected chi connectivity index (χ4v) is 3.39. The highest BCUT2D eigenvalue weighted by Crippen LogP contribution is 2.36. The maximum absolute atomic E-state index is 11.9.